The monoisotopic (exact) mass is 416 g/mol. The molecule has 1 heterocycles. The summed E-state index contributed by atoms with van der Waals surface area (Å²) in [5.41, 5.74) is 1.73. The first-order valence-corrected chi connectivity index (χ1v) is 9.32. The van der Waals surface area contributed by atoms with Crippen molar-refractivity contribution < 1.29 is 9.59 Å². The third kappa shape index (κ3) is 4.52. The van der Waals surface area contributed by atoms with E-state index >= 15 is 0 Å². The van der Waals surface area contributed by atoms with Crippen molar-refractivity contribution in [3.05, 3.63) is 76.0 Å². The Bertz CT molecular complexity index is 1030. The Balaban J connectivity index is 1.82. The lowest BCUT2D eigenvalue weighted by molar-refractivity contribution is 0.0944. The Morgan fingerprint density at radius 1 is 1.07 bits per heavy atom. The topological polar surface area (TPSA) is 76.0 Å². The molecule has 0 fully saturated rings. The largest absolute Gasteiger partial charge is 0.350 e. The van der Waals surface area contributed by atoms with Crippen LogP contribution in [0.1, 0.15) is 34.6 Å². The molecule has 0 radical (unpaired) electrons. The van der Waals surface area contributed by atoms with Crippen molar-refractivity contribution in [2.45, 2.75) is 19.9 Å². The average molecular weight is 417 g/mol. The first-order chi connectivity index (χ1) is 13.3. The number of carbonyl (C=O) groups excluding carboxylic acids is 2. The Morgan fingerprint density at radius 2 is 1.82 bits per heavy atom. The molecule has 144 valence electrons. The van der Waals surface area contributed by atoms with Crippen molar-refractivity contribution in [2.24, 2.45) is 0 Å². The zero-order chi connectivity index (χ0) is 20.3. The number of hydrogen-bond donors (Lipinski definition) is 2. The van der Waals surface area contributed by atoms with Crippen molar-refractivity contribution in [1.82, 2.24) is 15.1 Å². The molecule has 3 rings (SSSR count). The first-order valence-electron chi connectivity index (χ1n) is 8.56. The van der Waals surface area contributed by atoms with Gasteiger partial charge in [-0.15, -0.1) is 0 Å². The number of hydrogen-bond acceptors (Lipinski definition) is 3. The smallest absolute Gasteiger partial charge is 0.258 e. The van der Waals surface area contributed by atoms with Crippen LogP contribution in [0.25, 0.3) is 5.69 Å². The Kier molecular flexibility index (Phi) is 6.02. The maximum atomic E-state index is 12.6. The number of nitrogens with zero attached hydrogens (tertiary/aromatic N) is 2. The molecule has 3 aromatic rings. The van der Waals surface area contributed by atoms with E-state index < -0.39 is 0 Å². The van der Waals surface area contributed by atoms with E-state index in [0.717, 1.165) is 0 Å². The van der Waals surface area contributed by atoms with E-state index in [1.165, 1.54) is 10.9 Å². The van der Waals surface area contributed by atoms with Crippen molar-refractivity contribution in [1.29, 1.82) is 0 Å². The summed E-state index contributed by atoms with van der Waals surface area (Å²) in [4.78, 5) is 25.0. The van der Waals surface area contributed by atoms with Crippen LogP contribution in [0.4, 0.5) is 5.69 Å². The van der Waals surface area contributed by atoms with Crippen molar-refractivity contribution in [3.63, 3.8) is 0 Å². The summed E-state index contributed by atoms with van der Waals surface area (Å²) in [5, 5.41) is 10.7. The molecule has 0 bridgehead atoms. The summed E-state index contributed by atoms with van der Waals surface area (Å²) >= 11 is 12.1. The minimum absolute atomic E-state index is 0.0152. The summed E-state index contributed by atoms with van der Waals surface area (Å²) in [5.74, 6) is -0.643. The van der Waals surface area contributed by atoms with Crippen LogP contribution in [-0.2, 0) is 0 Å². The van der Waals surface area contributed by atoms with Crippen LogP contribution < -0.4 is 10.6 Å². The number of rotatable bonds is 5. The van der Waals surface area contributed by atoms with E-state index in [1.54, 1.807) is 48.7 Å². The van der Waals surface area contributed by atoms with Gasteiger partial charge < -0.3 is 10.6 Å². The first kappa shape index (κ1) is 19.9. The minimum Gasteiger partial charge on any atom is -0.350 e. The van der Waals surface area contributed by atoms with Crippen molar-refractivity contribution in [3.8, 4) is 5.69 Å². The van der Waals surface area contributed by atoms with Gasteiger partial charge in [-0.3, -0.25) is 9.59 Å². The zero-order valence-corrected chi connectivity index (χ0v) is 16.8. The normalized spacial score (nSPS) is 10.8. The molecule has 0 aliphatic heterocycles. The number of aromatic nitrogens is 2. The van der Waals surface area contributed by atoms with Gasteiger partial charge in [-0.2, -0.15) is 5.10 Å². The fraction of sp³-hybridized carbons (Fsp3) is 0.150. The summed E-state index contributed by atoms with van der Waals surface area (Å²) < 4.78 is 1.49. The van der Waals surface area contributed by atoms with E-state index in [0.29, 0.717) is 32.5 Å². The number of amides is 2. The third-order valence-electron chi connectivity index (χ3n) is 3.84. The minimum atomic E-state index is -0.388. The second-order valence-corrected chi connectivity index (χ2v) is 7.24. The summed E-state index contributed by atoms with van der Waals surface area (Å²) in [7, 11) is 0. The van der Waals surface area contributed by atoms with Gasteiger partial charge in [-0.05, 0) is 44.2 Å². The van der Waals surface area contributed by atoms with Gasteiger partial charge >= 0.3 is 0 Å². The van der Waals surface area contributed by atoms with Gasteiger partial charge in [0.25, 0.3) is 11.8 Å². The molecule has 1 aromatic heterocycles. The molecular weight excluding hydrogens is 399 g/mol. The van der Waals surface area contributed by atoms with E-state index in [2.05, 4.69) is 15.7 Å². The lowest BCUT2D eigenvalue weighted by Crippen LogP contribution is -2.31. The second kappa shape index (κ2) is 8.46. The van der Waals surface area contributed by atoms with Crippen molar-refractivity contribution in [2.75, 3.05) is 5.32 Å². The summed E-state index contributed by atoms with van der Waals surface area (Å²) in [6.07, 6.45) is 2.98. The second-order valence-electron chi connectivity index (χ2n) is 6.40. The fourth-order valence-corrected chi connectivity index (χ4v) is 3.06. The van der Waals surface area contributed by atoms with Gasteiger partial charge in [0.1, 0.15) is 0 Å². The van der Waals surface area contributed by atoms with Gasteiger partial charge in [0.05, 0.1) is 33.7 Å². The molecule has 0 aliphatic carbocycles. The van der Waals surface area contributed by atoms with E-state index in [9.17, 15) is 9.59 Å². The molecule has 0 spiro atoms. The van der Waals surface area contributed by atoms with Crippen LogP contribution in [0.5, 0.6) is 0 Å². The molecule has 8 heteroatoms. The highest BCUT2D eigenvalue weighted by atomic mass is 35.5. The molecule has 0 atom stereocenters. The molecule has 0 saturated carbocycles. The highest BCUT2D eigenvalue weighted by Gasteiger charge is 2.16. The maximum absolute atomic E-state index is 12.6. The molecule has 2 aromatic carbocycles. The average Bonchev–Trinajstić information content (AvgIpc) is 3.11. The van der Waals surface area contributed by atoms with Gasteiger partial charge in [0.15, 0.2) is 0 Å². The van der Waals surface area contributed by atoms with Gasteiger partial charge in [-0.25, -0.2) is 4.68 Å². The molecule has 2 amide bonds. The number of carbonyl (C=O) groups is 2. The van der Waals surface area contributed by atoms with E-state index in [1.807, 2.05) is 13.8 Å². The lowest BCUT2D eigenvalue weighted by Gasteiger charge is -2.12. The van der Waals surface area contributed by atoms with Crippen LogP contribution in [0.3, 0.4) is 0 Å². The van der Waals surface area contributed by atoms with Crippen LogP contribution >= 0.6 is 23.2 Å². The number of anilines is 1. The quantitative estimate of drug-likeness (QED) is 0.639. The standard InChI is InChI=1S/C20H18Cl2N4O2/c1-12(2)24-20(28)15-5-3-4-6-17(15)25-19(27)13-10-23-26(11-13)18-8-7-14(21)9-16(18)22/h3-12H,1-2H3,(H,24,28)(H,25,27). The summed E-state index contributed by atoms with van der Waals surface area (Å²) in [6, 6.07) is 11.8. The highest BCUT2D eigenvalue weighted by molar-refractivity contribution is 6.35. The third-order valence-corrected chi connectivity index (χ3v) is 4.38. The van der Waals surface area contributed by atoms with Crippen molar-refractivity contribution >= 4 is 40.7 Å². The molecule has 0 aliphatic rings. The summed E-state index contributed by atoms with van der Waals surface area (Å²) in [6.45, 7) is 3.74. The molecule has 0 unspecified atom stereocenters. The predicted molar refractivity (Wildman–Crippen MR) is 111 cm³/mol. The van der Waals surface area contributed by atoms with Gasteiger partial charge in [0, 0.05) is 17.3 Å². The van der Waals surface area contributed by atoms with Crippen LogP contribution in [0.15, 0.2) is 54.9 Å². The Morgan fingerprint density at radius 3 is 2.54 bits per heavy atom. The molecule has 28 heavy (non-hydrogen) atoms. The Hall–Kier alpha value is -2.83. The predicted octanol–water partition coefficient (Wildman–Crippen LogP) is 4.57. The number of benzene rings is 2. The molecule has 6 nitrogen and oxygen atoms in total. The number of nitrogens with one attached hydrogen (secondary N) is 2. The number of halogens is 2. The van der Waals surface area contributed by atoms with Crippen LogP contribution in [0, 0.1) is 0 Å². The maximum Gasteiger partial charge on any atom is 0.258 e. The van der Waals surface area contributed by atoms with Gasteiger partial charge in [-0.1, -0.05) is 35.3 Å². The zero-order valence-electron chi connectivity index (χ0n) is 15.2. The highest BCUT2D eigenvalue weighted by Crippen LogP contribution is 2.24. The van der Waals surface area contributed by atoms with E-state index in [4.69, 9.17) is 23.2 Å². The Labute approximate surface area is 172 Å². The molecule has 0 saturated heterocycles. The van der Waals surface area contributed by atoms with Crippen LogP contribution in [-0.4, -0.2) is 27.6 Å². The fourth-order valence-electron chi connectivity index (χ4n) is 2.56. The number of para-hydroxylation sites is 1. The molecular formula is C20H18Cl2N4O2. The SMILES string of the molecule is CC(C)NC(=O)c1ccccc1NC(=O)c1cnn(-c2ccc(Cl)cc2Cl)c1. The lowest BCUT2D eigenvalue weighted by atomic mass is 10.1. The molecule has 2 N–H and O–H groups in total. The van der Waals surface area contributed by atoms with Gasteiger partial charge in [0.2, 0.25) is 0 Å². The van der Waals surface area contributed by atoms with E-state index in [-0.39, 0.29) is 17.9 Å². The van der Waals surface area contributed by atoms with Crippen LogP contribution in [0.2, 0.25) is 10.0 Å².